The molecule has 1 aromatic heterocycles. The first-order valence-corrected chi connectivity index (χ1v) is 4.65. The first-order valence-electron chi connectivity index (χ1n) is 4.65. The third-order valence-corrected chi connectivity index (χ3v) is 2.40. The molecule has 0 N–H and O–H groups in total. The SMILES string of the molecule is CCCCc1c(C)nc(C)n1C. The van der Waals surface area contributed by atoms with Crippen LogP contribution in [0.15, 0.2) is 0 Å². The predicted octanol–water partition coefficient (Wildman–Crippen LogP) is 2.38. The van der Waals surface area contributed by atoms with E-state index in [-0.39, 0.29) is 0 Å². The van der Waals surface area contributed by atoms with Crippen LogP contribution >= 0.6 is 0 Å². The minimum Gasteiger partial charge on any atom is -0.335 e. The van der Waals surface area contributed by atoms with E-state index in [0.29, 0.717) is 0 Å². The van der Waals surface area contributed by atoms with Crippen LogP contribution in [0.25, 0.3) is 0 Å². The smallest absolute Gasteiger partial charge is 0.105 e. The van der Waals surface area contributed by atoms with E-state index in [1.54, 1.807) is 0 Å². The molecule has 12 heavy (non-hydrogen) atoms. The van der Waals surface area contributed by atoms with Crippen molar-refractivity contribution in [3.05, 3.63) is 17.2 Å². The second-order valence-corrected chi connectivity index (χ2v) is 3.35. The largest absolute Gasteiger partial charge is 0.335 e. The summed E-state index contributed by atoms with van der Waals surface area (Å²) in [6.45, 7) is 6.37. The highest BCUT2D eigenvalue weighted by atomic mass is 15.1. The van der Waals surface area contributed by atoms with Gasteiger partial charge in [-0.2, -0.15) is 0 Å². The lowest BCUT2D eigenvalue weighted by Gasteiger charge is -2.02. The van der Waals surface area contributed by atoms with Crippen molar-refractivity contribution in [2.24, 2.45) is 7.05 Å². The third-order valence-electron chi connectivity index (χ3n) is 2.40. The Morgan fingerprint density at radius 2 is 2.00 bits per heavy atom. The Kier molecular flexibility index (Phi) is 2.90. The number of imidazole rings is 1. The molecule has 0 radical (unpaired) electrons. The molecule has 0 atom stereocenters. The van der Waals surface area contributed by atoms with Crippen LogP contribution in [-0.4, -0.2) is 9.55 Å². The Balaban J connectivity index is 2.82. The second-order valence-electron chi connectivity index (χ2n) is 3.35. The number of aryl methyl sites for hydroxylation is 2. The van der Waals surface area contributed by atoms with Crippen LogP contribution in [0.4, 0.5) is 0 Å². The molecule has 0 aromatic carbocycles. The standard InChI is InChI=1S/C10H18N2/c1-5-6-7-10-8(2)11-9(3)12(10)4/h5-7H2,1-4H3. The Bertz CT molecular complexity index is 261. The van der Waals surface area contributed by atoms with Crippen LogP contribution in [0.3, 0.4) is 0 Å². The zero-order chi connectivity index (χ0) is 9.14. The van der Waals surface area contributed by atoms with Crippen molar-refractivity contribution >= 4 is 0 Å². The van der Waals surface area contributed by atoms with E-state index in [0.717, 1.165) is 5.82 Å². The molecule has 2 heteroatoms. The molecule has 0 aliphatic carbocycles. The number of aromatic nitrogens is 2. The summed E-state index contributed by atoms with van der Waals surface area (Å²) >= 11 is 0. The van der Waals surface area contributed by atoms with Gasteiger partial charge in [-0.1, -0.05) is 13.3 Å². The quantitative estimate of drug-likeness (QED) is 0.674. The fourth-order valence-corrected chi connectivity index (χ4v) is 1.51. The van der Waals surface area contributed by atoms with Gasteiger partial charge in [0, 0.05) is 12.7 Å². The van der Waals surface area contributed by atoms with Crippen LogP contribution < -0.4 is 0 Å². The molecule has 0 bridgehead atoms. The molecule has 0 unspecified atom stereocenters. The topological polar surface area (TPSA) is 17.8 Å². The second kappa shape index (κ2) is 3.74. The summed E-state index contributed by atoms with van der Waals surface area (Å²) in [6, 6.07) is 0. The molecule has 0 spiro atoms. The summed E-state index contributed by atoms with van der Waals surface area (Å²) in [4.78, 5) is 4.43. The first-order chi connectivity index (χ1) is 5.66. The number of hydrogen-bond donors (Lipinski definition) is 0. The lowest BCUT2D eigenvalue weighted by Crippen LogP contribution is -1.99. The number of hydrogen-bond acceptors (Lipinski definition) is 1. The van der Waals surface area contributed by atoms with Crippen molar-refractivity contribution in [3.8, 4) is 0 Å². The number of unbranched alkanes of at least 4 members (excludes halogenated alkanes) is 1. The van der Waals surface area contributed by atoms with Gasteiger partial charge in [-0.25, -0.2) is 4.98 Å². The molecule has 68 valence electrons. The van der Waals surface area contributed by atoms with Crippen molar-refractivity contribution in [1.82, 2.24) is 9.55 Å². The van der Waals surface area contributed by atoms with Gasteiger partial charge in [0.05, 0.1) is 5.69 Å². The van der Waals surface area contributed by atoms with Crippen molar-refractivity contribution in [2.45, 2.75) is 40.0 Å². The molecule has 0 saturated carbocycles. The average molecular weight is 166 g/mol. The fraction of sp³-hybridized carbons (Fsp3) is 0.700. The van der Waals surface area contributed by atoms with E-state index >= 15 is 0 Å². The third kappa shape index (κ3) is 1.68. The van der Waals surface area contributed by atoms with Crippen LogP contribution in [0, 0.1) is 13.8 Å². The van der Waals surface area contributed by atoms with Gasteiger partial charge in [0.1, 0.15) is 5.82 Å². The van der Waals surface area contributed by atoms with Gasteiger partial charge in [-0.3, -0.25) is 0 Å². The van der Waals surface area contributed by atoms with Crippen molar-refractivity contribution in [2.75, 3.05) is 0 Å². The van der Waals surface area contributed by atoms with E-state index in [4.69, 9.17) is 0 Å². The van der Waals surface area contributed by atoms with E-state index in [2.05, 4.69) is 37.4 Å². The molecule has 1 rings (SSSR count). The maximum atomic E-state index is 4.43. The zero-order valence-electron chi connectivity index (χ0n) is 8.52. The molecule has 0 saturated heterocycles. The molecular weight excluding hydrogens is 148 g/mol. The molecule has 0 aliphatic heterocycles. The number of rotatable bonds is 3. The lowest BCUT2D eigenvalue weighted by molar-refractivity contribution is 0.718. The van der Waals surface area contributed by atoms with Crippen LogP contribution in [0.1, 0.15) is 37.0 Å². The highest BCUT2D eigenvalue weighted by Crippen LogP contribution is 2.11. The minimum atomic E-state index is 1.12. The predicted molar refractivity (Wildman–Crippen MR) is 51.3 cm³/mol. The zero-order valence-corrected chi connectivity index (χ0v) is 8.52. The summed E-state index contributed by atoms with van der Waals surface area (Å²) < 4.78 is 2.20. The van der Waals surface area contributed by atoms with E-state index in [9.17, 15) is 0 Å². The summed E-state index contributed by atoms with van der Waals surface area (Å²) in [5.41, 5.74) is 2.60. The van der Waals surface area contributed by atoms with Gasteiger partial charge in [-0.15, -0.1) is 0 Å². The Hall–Kier alpha value is -0.790. The van der Waals surface area contributed by atoms with Gasteiger partial charge in [-0.05, 0) is 26.7 Å². The van der Waals surface area contributed by atoms with E-state index in [1.807, 2.05) is 0 Å². The minimum absolute atomic E-state index is 1.12. The van der Waals surface area contributed by atoms with Gasteiger partial charge in [0.25, 0.3) is 0 Å². The Labute approximate surface area is 74.6 Å². The van der Waals surface area contributed by atoms with E-state index in [1.165, 1.54) is 30.7 Å². The maximum absolute atomic E-state index is 4.43. The summed E-state index contributed by atoms with van der Waals surface area (Å²) in [5.74, 6) is 1.12. The van der Waals surface area contributed by atoms with Crippen molar-refractivity contribution < 1.29 is 0 Å². The van der Waals surface area contributed by atoms with Gasteiger partial charge >= 0.3 is 0 Å². The highest BCUT2D eigenvalue weighted by molar-refractivity contribution is 5.14. The van der Waals surface area contributed by atoms with Gasteiger partial charge < -0.3 is 4.57 Å². The molecule has 2 nitrogen and oxygen atoms in total. The summed E-state index contributed by atoms with van der Waals surface area (Å²) in [5, 5.41) is 0. The van der Waals surface area contributed by atoms with Crippen molar-refractivity contribution in [1.29, 1.82) is 0 Å². The first kappa shape index (κ1) is 9.30. The maximum Gasteiger partial charge on any atom is 0.105 e. The fourth-order valence-electron chi connectivity index (χ4n) is 1.51. The number of nitrogens with zero attached hydrogens (tertiary/aromatic N) is 2. The van der Waals surface area contributed by atoms with Gasteiger partial charge in [0.15, 0.2) is 0 Å². The Morgan fingerprint density at radius 3 is 2.42 bits per heavy atom. The normalized spacial score (nSPS) is 10.7. The van der Waals surface area contributed by atoms with E-state index < -0.39 is 0 Å². The lowest BCUT2D eigenvalue weighted by atomic mass is 10.2. The van der Waals surface area contributed by atoms with Crippen LogP contribution in [0.2, 0.25) is 0 Å². The van der Waals surface area contributed by atoms with Crippen molar-refractivity contribution in [3.63, 3.8) is 0 Å². The monoisotopic (exact) mass is 166 g/mol. The molecule has 0 aliphatic rings. The van der Waals surface area contributed by atoms with Crippen LogP contribution in [-0.2, 0) is 13.5 Å². The highest BCUT2D eigenvalue weighted by Gasteiger charge is 2.06. The molecule has 0 amide bonds. The summed E-state index contributed by atoms with van der Waals surface area (Å²) in [6.07, 6.45) is 3.68. The summed E-state index contributed by atoms with van der Waals surface area (Å²) in [7, 11) is 2.10. The molecule has 1 aromatic rings. The Morgan fingerprint density at radius 1 is 1.33 bits per heavy atom. The molecule has 1 heterocycles. The molecule has 0 fully saturated rings. The average Bonchev–Trinajstić information content (AvgIpc) is 2.25. The van der Waals surface area contributed by atoms with Crippen LogP contribution in [0.5, 0.6) is 0 Å². The molecular formula is C10H18N2. The van der Waals surface area contributed by atoms with Gasteiger partial charge in [0.2, 0.25) is 0 Å².